The van der Waals surface area contributed by atoms with Crippen LogP contribution in [0, 0.1) is 10.1 Å². The predicted octanol–water partition coefficient (Wildman–Crippen LogP) is 5.41. The van der Waals surface area contributed by atoms with Crippen LogP contribution in [0.5, 0.6) is 0 Å². The molecular weight excluding hydrogens is 367 g/mol. The molecule has 1 N–H and O–H groups in total. The van der Waals surface area contributed by atoms with Gasteiger partial charge in [0.1, 0.15) is 5.76 Å². The number of nitro groups is 1. The van der Waals surface area contributed by atoms with Crippen molar-refractivity contribution in [3.8, 4) is 11.3 Å². The van der Waals surface area contributed by atoms with Crippen LogP contribution in [0.2, 0.25) is 10.0 Å². The molecule has 0 radical (unpaired) electrons. The van der Waals surface area contributed by atoms with Crippen LogP contribution in [0.25, 0.3) is 11.3 Å². The first-order valence-corrected chi connectivity index (χ1v) is 7.81. The zero-order valence-corrected chi connectivity index (χ0v) is 14.0. The van der Waals surface area contributed by atoms with Crippen molar-refractivity contribution < 1.29 is 14.1 Å². The first kappa shape index (κ1) is 17.0. The Kier molecular flexibility index (Phi) is 4.74. The third kappa shape index (κ3) is 3.65. The minimum absolute atomic E-state index is 0.000771. The molecule has 0 aliphatic rings. The number of halogens is 2. The van der Waals surface area contributed by atoms with E-state index in [1.54, 1.807) is 30.3 Å². The van der Waals surface area contributed by atoms with Crippen LogP contribution in [0.1, 0.15) is 10.6 Å². The highest BCUT2D eigenvalue weighted by atomic mass is 35.5. The number of para-hydroxylation sites is 1. The number of amides is 1. The smallest absolute Gasteiger partial charge is 0.291 e. The van der Waals surface area contributed by atoms with Gasteiger partial charge in [-0.25, -0.2) is 0 Å². The van der Waals surface area contributed by atoms with Crippen LogP contribution in [0.4, 0.5) is 11.4 Å². The van der Waals surface area contributed by atoms with E-state index in [1.165, 1.54) is 24.3 Å². The van der Waals surface area contributed by atoms with Crippen LogP contribution >= 0.6 is 23.2 Å². The number of rotatable bonds is 4. The summed E-state index contributed by atoms with van der Waals surface area (Å²) in [5, 5.41) is 14.4. The number of nitrogens with zero attached hydrogens (tertiary/aromatic N) is 1. The highest BCUT2D eigenvalue weighted by Gasteiger charge is 2.19. The molecular formula is C17H10Cl2N2O4. The molecule has 0 aliphatic heterocycles. The number of nitrogens with one attached hydrogen (secondary N) is 1. The lowest BCUT2D eigenvalue weighted by Crippen LogP contribution is -2.11. The third-order valence-electron chi connectivity index (χ3n) is 3.38. The van der Waals surface area contributed by atoms with Gasteiger partial charge in [-0.15, -0.1) is 0 Å². The van der Waals surface area contributed by atoms with Crippen molar-refractivity contribution in [2.24, 2.45) is 0 Å². The van der Waals surface area contributed by atoms with Gasteiger partial charge in [-0.1, -0.05) is 35.3 Å². The number of hydrogen-bond acceptors (Lipinski definition) is 4. The molecule has 8 heteroatoms. The molecule has 3 aromatic rings. The number of furan rings is 1. The van der Waals surface area contributed by atoms with E-state index in [-0.39, 0.29) is 27.8 Å². The summed E-state index contributed by atoms with van der Waals surface area (Å²) in [4.78, 5) is 22.9. The van der Waals surface area contributed by atoms with E-state index >= 15 is 0 Å². The van der Waals surface area contributed by atoms with Gasteiger partial charge in [0.25, 0.3) is 11.6 Å². The van der Waals surface area contributed by atoms with Gasteiger partial charge >= 0.3 is 0 Å². The van der Waals surface area contributed by atoms with E-state index in [4.69, 9.17) is 27.6 Å². The van der Waals surface area contributed by atoms with Gasteiger partial charge in [-0.05, 0) is 36.4 Å². The van der Waals surface area contributed by atoms with E-state index in [2.05, 4.69) is 5.32 Å². The molecule has 25 heavy (non-hydrogen) atoms. The van der Waals surface area contributed by atoms with Crippen molar-refractivity contribution >= 4 is 40.5 Å². The molecule has 0 fully saturated rings. The molecule has 0 saturated carbocycles. The second-order valence-corrected chi connectivity index (χ2v) is 5.86. The number of anilines is 1. The molecule has 0 saturated heterocycles. The lowest BCUT2D eigenvalue weighted by molar-refractivity contribution is -0.384. The zero-order valence-electron chi connectivity index (χ0n) is 12.5. The fourth-order valence-electron chi connectivity index (χ4n) is 2.22. The molecule has 1 aromatic heterocycles. The highest BCUT2D eigenvalue weighted by Crippen LogP contribution is 2.31. The van der Waals surface area contributed by atoms with E-state index < -0.39 is 10.8 Å². The van der Waals surface area contributed by atoms with Gasteiger partial charge in [0.05, 0.1) is 21.2 Å². The molecule has 0 bridgehead atoms. The molecule has 3 rings (SSSR count). The van der Waals surface area contributed by atoms with Crippen molar-refractivity contribution in [2.75, 3.05) is 5.32 Å². The SMILES string of the molecule is O=C(Nc1ccc(Cl)cc1Cl)c1ccc(-c2ccccc2[N+](=O)[O-])o1. The number of nitro benzene ring substituents is 1. The predicted molar refractivity (Wildman–Crippen MR) is 95.2 cm³/mol. The largest absolute Gasteiger partial charge is 0.451 e. The summed E-state index contributed by atoms with van der Waals surface area (Å²) in [6.45, 7) is 0. The van der Waals surface area contributed by atoms with E-state index in [9.17, 15) is 14.9 Å². The first-order valence-electron chi connectivity index (χ1n) is 7.06. The summed E-state index contributed by atoms with van der Waals surface area (Å²) in [5.74, 6) is -0.312. The average molecular weight is 377 g/mol. The quantitative estimate of drug-likeness (QED) is 0.486. The van der Waals surface area contributed by atoms with Crippen LogP contribution in [0.3, 0.4) is 0 Å². The summed E-state index contributed by atoms with van der Waals surface area (Å²) in [7, 11) is 0. The second-order valence-electron chi connectivity index (χ2n) is 5.02. The highest BCUT2D eigenvalue weighted by molar-refractivity contribution is 6.36. The van der Waals surface area contributed by atoms with Crippen LogP contribution in [0.15, 0.2) is 59.0 Å². The standard InChI is InChI=1S/C17H10Cl2N2O4/c18-10-5-6-13(12(19)9-10)20-17(22)16-8-7-15(25-16)11-3-1-2-4-14(11)21(23)24/h1-9H,(H,20,22). The fourth-order valence-corrected chi connectivity index (χ4v) is 2.68. The maximum atomic E-state index is 12.3. The van der Waals surface area contributed by atoms with Crippen molar-refractivity contribution in [1.29, 1.82) is 0 Å². The maximum Gasteiger partial charge on any atom is 0.291 e. The molecule has 6 nitrogen and oxygen atoms in total. The normalized spacial score (nSPS) is 10.5. The van der Waals surface area contributed by atoms with Gasteiger partial charge in [-0.3, -0.25) is 14.9 Å². The molecule has 2 aromatic carbocycles. The summed E-state index contributed by atoms with van der Waals surface area (Å²) in [5.41, 5.74) is 0.556. The van der Waals surface area contributed by atoms with Gasteiger partial charge in [-0.2, -0.15) is 0 Å². The second kappa shape index (κ2) is 6.96. The minimum Gasteiger partial charge on any atom is -0.451 e. The molecule has 1 heterocycles. The van der Waals surface area contributed by atoms with Crippen molar-refractivity contribution in [3.63, 3.8) is 0 Å². The maximum absolute atomic E-state index is 12.3. The van der Waals surface area contributed by atoms with E-state index in [0.717, 1.165) is 0 Å². The fraction of sp³-hybridized carbons (Fsp3) is 0. The van der Waals surface area contributed by atoms with Crippen LogP contribution in [-0.4, -0.2) is 10.8 Å². The van der Waals surface area contributed by atoms with Crippen molar-refractivity contribution in [2.45, 2.75) is 0 Å². The lowest BCUT2D eigenvalue weighted by Gasteiger charge is -2.05. The Morgan fingerprint density at radius 1 is 1.08 bits per heavy atom. The number of carbonyl (C=O) groups is 1. The van der Waals surface area contributed by atoms with Gasteiger partial charge in [0, 0.05) is 11.1 Å². The summed E-state index contributed by atoms with van der Waals surface area (Å²) in [6, 6.07) is 13.7. The Balaban J connectivity index is 1.86. The van der Waals surface area contributed by atoms with Crippen molar-refractivity contribution in [1.82, 2.24) is 0 Å². The molecule has 0 unspecified atom stereocenters. The van der Waals surface area contributed by atoms with Crippen LogP contribution < -0.4 is 5.32 Å². The molecule has 0 aliphatic carbocycles. The minimum atomic E-state index is -0.533. The van der Waals surface area contributed by atoms with Gasteiger partial charge in [0.2, 0.25) is 0 Å². The van der Waals surface area contributed by atoms with Gasteiger partial charge in [0.15, 0.2) is 5.76 Å². The Bertz CT molecular complexity index is 969. The summed E-state index contributed by atoms with van der Waals surface area (Å²) < 4.78 is 5.47. The third-order valence-corrected chi connectivity index (χ3v) is 3.92. The Labute approximate surface area is 152 Å². The molecule has 0 atom stereocenters. The number of benzene rings is 2. The van der Waals surface area contributed by atoms with Crippen LogP contribution in [-0.2, 0) is 0 Å². The summed E-state index contributed by atoms with van der Waals surface area (Å²) >= 11 is 11.8. The van der Waals surface area contributed by atoms with Gasteiger partial charge < -0.3 is 9.73 Å². The zero-order chi connectivity index (χ0) is 18.0. The monoisotopic (exact) mass is 376 g/mol. The first-order chi connectivity index (χ1) is 12.0. The number of hydrogen-bond donors (Lipinski definition) is 1. The Hall–Kier alpha value is -2.83. The topological polar surface area (TPSA) is 85.4 Å². The molecule has 0 spiro atoms. The number of carbonyl (C=O) groups excluding carboxylic acids is 1. The van der Waals surface area contributed by atoms with E-state index in [0.29, 0.717) is 10.7 Å². The Morgan fingerprint density at radius 2 is 1.84 bits per heavy atom. The molecule has 1 amide bonds. The average Bonchev–Trinajstić information content (AvgIpc) is 3.07. The Morgan fingerprint density at radius 3 is 2.56 bits per heavy atom. The summed E-state index contributed by atoms with van der Waals surface area (Å²) in [6.07, 6.45) is 0. The van der Waals surface area contributed by atoms with E-state index in [1.807, 2.05) is 0 Å². The molecule has 126 valence electrons. The van der Waals surface area contributed by atoms with Crippen molar-refractivity contribution in [3.05, 3.63) is 80.5 Å². The lowest BCUT2D eigenvalue weighted by atomic mass is 10.1.